The molecule has 0 aliphatic rings. The third-order valence-corrected chi connectivity index (χ3v) is 5.04. The lowest BCUT2D eigenvalue weighted by molar-refractivity contribution is 1.13. The lowest BCUT2D eigenvalue weighted by Crippen LogP contribution is -2.24. The van der Waals surface area contributed by atoms with Crippen molar-refractivity contribution in [2.24, 2.45) is 0 Å². The highest BCUT2D eigenvalue weighted by atomic mass is 16.1. The second-order valence-corrected chi connectivity index (χ2v) is 6.43. The molecule has 0 atom stereocenters. The van der Waals surface area contributed by atoms with Crippen molar-refractivity contribution < 1.29 is 0 Å². The zero-order chi connectivity index (χ0) is 17.1. The monoisotopic (exact) mass is 324 g/mol. The summed E-state index contributed by atoms with van der Waals surface area (Å²) in [7, 11) is 0. The number of hydrogen-bond donors (Lipinski definition) is 0. The number of aromatic nitrogens is 2. The van der Waals surface area contributed by atoms with Gasteiger partial charge in [-0.3, -0.25) is 9.20 Å². The molecule has 3 nitrogen and oxygen atoms in total. The summed E-state index contributed by atoms with van der Waals surface area (Å²) in [5.74, 6) is 0. The number of fused-ring (bicyclic) bond motifs is 3. The summed E-state index contributed by atoms with van der Waals surface area (Å²) >= 11 is 0. The summed E-state index contributed by atoms with van der Waals surface area (Å²) in [5, 5.41) is 4.88. The first-order chi connectivity index (χ1) is 12.2. The molecule has 0 unspecified atom stereocenters. The van der Waals surface area contributed by atoms with Crippen LogP contribution in [0.15, 0.2) is 59.4 Å². The van der Waals surface area contributed by atoms with Gasteiger partial charge in [-0.2, -0.15) is 0 Å². The van der Waals surface area contributed by atoms with Crippen molar-refractivity contribution in [1.29, 1.82) is 0 Å². The van der Waals surface area contributed by atoms with Gasteiger partial charge in [0, 0.05) is 21.4 Å². The largest absolute Gasteiger partial charge is 0.268 e. The molecule has 25 heavy (non-hydrogen) atoms. The highest BCUT2D eigenvalue weighted by molar-refractivity contribution is 6.08. The Morgan fingerprint density at radius 2 is 1.72 bits per heavy atom. The SMILES string of the molecule is C/C=c1\c2c(C)cccc2c(=O)n2c1nc1cccc3cccc2c31. The number of hydrogen-bond acceptors (Lipinski definition) is 2. The zero-order valence-corrected chi connectivity index (χ0v) is 14.1. The molecule has 0 amide bonds. The van der Waals surface area contributed by atoms with Gasteiger partial charge in [-0.15, -0.1) is 0 Å². The molecule has 0 saturated carbocycles. The van der Waals surface area contributed by atoms with Crippen LogP contribution >= 0.6 is 0 Å². The van der Waals surface area contributed by atoms with Crippen LogP contribution in [0.1, 0.15) is 12.5 Å². The quantitative estimate of drug-likeness (QED) is 0.319. The van der Waals surface area contributed by atoms with Crippen LogP contribution in [0.25, 0.3) is 44.3 Å². The normalized spacial score (nSPS) is 12.8. The Hall–Kier alpha value is -3.20. The fraction of sp³-hybridized carbons (Fsp3) is 0.0909. The summed E-state index contributed by atoms with van der Waals surface area (Å²) in [6, 6.07) is 18.1. The van der Waals surface area contributed by atoms with Gasteiger partial charge in [-0.25, -0.2) is 4.98 Å². The summed E-state index contributed by atoms with van der Waals surface area (Å²) in [4.78, 5) is 18.2. The maximum absolute atomic E-state index is 13.3. The predicted octanol–water partition coefficient (Wildman–Crippen LogP) is 3.98. The molecule has 120 valence electrons. The maximum Gasteiger partial charge on any atom is 0.264 e. The van der Waals surface area contributed by atoms with Gasteiger partial charge in [0.25, 0.3) is 5.56 Å². The van der Waals surface area contributed by atoms with E-state index in [4.69, 9.17) is 4.98 Å². The highest BCUT2D eigenvalue weighted by Crippen LogP contribution is 2.25. The van der Waals surface area contributed by atoms with Crippen LogP contribution in [0.4, 0.5) is 0 Å². The standard InChI is InChI=1S/C22H16N2O/c1-3-15-19-13(2)7-4-10-16(19)22(25)24-18-12-6-9-14-8-5-11-17(20(14)18)23-21(15)24/h3-12H,1-2H3/b15-3+. The average Bonchev–Trinajstić information content (AvgIpc) is 2.63. The van der Waals surface area contributed by atoms with E-state index >= 15 is 0 Å². The molecule has 3 aromatic carbocycles. The van der Waals surface area contributed by atoms with Gasteiger partial charge in [0.2, 0.25) is 0 Å². The van der Waals surface area contributed by atoms with Gasteiger partial charge in [-0.1, -0.05) is 42.5 Å². The van der Waals surface area contributed by atoms with Gasteiger partial charge < -0.3 is 0 Å². The number of aryl methyl sites for hydroxylation is 1. The molecule has 0 N–H and O–H groups in total. The third-order valence-electron chi connectivity index (χ3n) is 5.04. The highest BCUT2D eigenvalue weighted by Gasteiger charge is 2.14. The minimum atomic E-state index is -0.00921. The Morgan fingerprint density at radius 1 is 0.960 bits per heavy atom. The van der Waals surface area contributed by atoms with Crippen LogP contribution in [0.3, 0.4) is 0 Å². The van der Waals surface area contributed by atoms with E-state index in [9.17, 15) is 4.79 Å². The molecule has 0 aliphatic heterocycles. The lowest BCUT2D eigenvalue weighted by Gasteiger charge is -2.13. The van der Waals surface area contributed by atoms with Crippen molar-refractivity contribution in [3.8, 4) is 0 Å². The van der Waals surface area contributed by atoms with Crippen LogP contribution < -0.4 is 10.8 Å². The average molecular weight is 324 g/mol. The summed E-state index contributed by atoms with van der Waals surface area (Å²) in [6.07, 6.45) is 2.05. The van der Waals surface area contributed by atoms with Crippen LogP contribution in [-0.4, -0.2) is 9.38 Å². The van der Waals surface area contributed by atoms with Gasteiger partial charge in [-0.05, 0) is 43.0 Å². The Balaban J connectivity index is 2.27. The van der Waals surface area contributed by atoms with E-state index in [2.05, 4.69) is 18.2 Å². The van der Waals surface area contributed by atoms with Crippen LogP contribution in [-0.2, 0) is 0 Å². The minimum Gasteiger partial charge on any atom is -0.268 e. The fourth-order valence-electron chi connectivity index (χ4n) is 3.95. The Labute approximate surface area is 143 Å². The van der Waals surface area contributed by atoms with Crippen LogP contribution in [0.5, 0.6) is 0 Å². The van der Waals surface area contributed by atoms with Crippen molar-refractivity contribution in [1.82, 2.24) is 9.38 Å². The Morgan fingerprint density at radius 3 is 2.52 bits per heavy atom. The molecule has 0 spiro atoms. The summed E-state index contributed by atoms with van der Waals surface area (Å²) in [5.41, 5.74) is 3.64. The first kappa shape index (κ1) is 14.2. The first-order valence-electron chi connectivity index (χ1n) is 8.42. The molecule has 0 radical (unpaired) electrons. The molecule has 0 saturated heterocycles. The van der Waals surface area contributed by atoms with Gasteiger partial charge in [0.05, 0.1) is 11.0 Å². The van der Waals surface area contributed by atoms with Crippen molar-refractivity contribution in [3.63, 3.8) is 0 Å². The van der Waals surface area contributed by atoms with E-state index in [1.165, 1.54) is 0 Å². The van der Waals surface area contributed by atoms with E-state index in [1.54, 1.807) is 4.40 Å². The van der Waals surface area contributed by atoms with E-state index in [0.29, 0.717) is 0 Å². The van der Waals surface area contributed by atoms with Gasteiger partial charge in [0.1, 0.15) is 5.65 Å². The Bertz CT molecular complexity index is 1420. The molecule has 0 bridgehead atoms. The minimum absolute atomic E-state index is 0.00921. The summed E-state index contributed by atoms with van der Waals surface area (Å²) in [6.45, 7) is 4.05. The van der Waals surface area contributed by atoms with E-state index in [-0.39, 0.29) is 5.56 Å². The van der Waals surface area contributed by atoms with E-state index in [1.807, 2.05) is 56.3 Å². The number of pyridine rings is 1. The van der Waals surface area contributed by atoms with Gasteiger partial charge in [0.15, 0.2) is 0 Å². The molecule has 0 fully saturated rings. The summed E-state index contributed by atoms with van der Waals surface area (Å²) < 4.78 is 1.77. The van der Waals surface area contributed by atoms with Crippen molar-refractivity contribution in [2.45, 2.75) is 13.8 Å². The van der Waals surface area contributed by atoms with Crippen LogP contribution in [0, 0.1) is 6.92 Å². The smallest absolute Gasteiger partial charge is 0.264 e. The van der Waals surface area contributed by atoms with Crippen molar-refractivity contribution in [3.05, 3.63) is 75.7 Å². The molecular weight excluding hydrogens is 308 g/mol. The number of nitrogens with zero attached hydrogens (tertiary/aromatic N) is 2. The van der Waals surface area contributed by atoms with Crippen molar-refractivity contribution in [2.75, 3.05) is 0 Å². The second kappa shape index (κ2) is 4.90. The molecule has 2 aromatic heterocycles. The van der Waals surface area contributed by atoms with E-state index in [0.717, 1.165) is 49.0 Å². The van der Waals surface area contributed by atoms with E-state index < -0.39 is 0 Å². The predicted molar refractivity (Wildman–Crippen MR) is 104 cm³/mol. The first-order valence-corrected chi connectivity index (χ1v) is 8.42. The fourth-order valence-corrected chi connectivity index (χ4v) is 3.95. The second-order valence-electron chi connectivity index (χ2n) is 6.43. The third kappa shape index (κ3) is 1.75. The molecule has 2 heterocycles. The molecule has 3 heteroatoms. The molecule has 5 rings (SSSR count). The zero-order valence-electron chi connectivity index (χ0n) is 14.1. The van der Waals surface area contributed by atoms with Gasteiger partial charge >= 0.3 is 0 Å². The number of benzene rings is 3. The molecule has 0 aliphatic carbocycles. The molecule has 5 aromatic rings. The van der Waals surface area contributed by atoms with Crippen LogP contribution in [0.2, 0.25) is 0 Å². The Kier molecular flexibility index (Phi) is 2.78. The molecular formula is C22H16N2O. The lowest BCUT2D eigenvalue weighted by atomic mass is 10.0. The van der Waals surface area contributed by atoms with Crippen molar-refractivity contribution >= 4 is 44.3 Å². The number of rotatable bonds is 0. The topological polar surface area (TPSA) is 34.4 Å². The maximum atomic E-state index is 13.3.